The second kappa shape index (κ2) is 13.5. The molecule has 0 aliphatic rings. The predicted molar refractivity (Wildman–Crippen MR) is 124 cm³/mol. The molecule has 5 nitrogen and oxygen atoms in total. The summed E-state index contributed by atoms with van der Waals surface area (Å²) in [5.74, 6) is -0.867. The van der Waals surface area contributed by atoms with Gasteiger partial charge in [-0.2, -0.15) is 0 Å². The maximum Gasteiger partial charge on any atom is 0.235 e. The number of carbonyl (C=O) groups is 1. The number of carbonyl (C=O) groups excluding carboxylic acids is 1. The van der Waals surface area contributed by atoms with Gasteiger partial charge in [0.05, 0.1) is 12.5 Å². The predicted octanol–water partition coefficient (Wildman–Crippen LogP) is 5.30. The average molecular weight is 410 g/mol. The first-order valence-corrected chi connectivity index (χ1v) is 11.0. The van der Waals surface area contributed by atoms with Crippen LogP contribution >= 0.6 is 0 Å². The third-order valence-corrected chi connectivity index (χ3v) is 5.19. The number of hydrogen-bond donors (Lipinski definition) is 3. The smallest absolute Gasteiger partial charge is 0.235 e. The number of nitrogens with one attached hydrogen (secondary N) is 2. The monoisotopic (exact) mass is 409 g/mol. The maximum absolute atomic E-state index is 12.1. The molecule has 4 N–H and O–H groups in total. The van der Waals surface area contributed by atoms with Gasteiger partial charge in [0, 0.05) is 12.3 Å². The highest BCUT2D eigenvalue weighted by molar-refractivity contribution is 6.06. The third kappa shape index (κ3) is 8.78. The molecule has 0 saturated heterocycles. The molecule has 2 aromatic rings. The van der Waals surface area contributed by atoms with Crippen molar-refractivity contribution in [1.29, 1.82) is 5.41 Å². The van der Waals surface area contributed by atoms with Crippen molar-refractivity contribution in [3.05, 3.63) is 65.7 Å². The fourth-order valence-electron chi connectivity index (χ4n) is 3.36. The van der Waals surface area contributed by atoms with Gasteiger partial charge in [-0.15, -0.1) is 0 Å². The summed E-state index contributed by atoms with van der Waals surface area (Å²) in [6, 6.07) is 18.2. The number of amidine groups is 1. The molecule has 0 spiro atoms. The maximum atomic E-state index is 12.1. The minimum absolute atomic E-state index is 0.0885. The zero-order valence-corrected chi connectivity index (χ0v) is 18.0. The lowest BCUT2D eigenvalue weighted by molar-refractivity contribution is -0.118. The van der Waals surface area contributed by atoms with Gasteiger partial charge in [-0.3, -0.25) is 10.2 Å². The number of unbranched alkanes of at least 4 members (excludes halogenated alkanes) is 4. The van der Waals surface area contributed by atoms with E-state index < -0.39 is 5.92 Å². The molecule has 0 heterocycles. The van der Waals surface area contributed by atoms with Crippen LogP contribution in [0.25, 0.3) is 0 Å². The molecule has 1 unspecified atom stereocenters. The Hall–Kier alpha value is -2.66. The average Bonchev–Trinajstić information content (AvgIpc) is 2.74. The van der Waals surface area contributed by atoms with Gasteiger partial charge in [-0.1, -0.05) is 68.7 Å². The first-order chi connectivity index (χ1) is 14.6. The lowest BCUT2D eigenvalue weighted by Crippen LogP contribution is -2.33. The molecule has 1 amide bonds. The Kier molecular flexibility index (Phi) is 10.7. The SMILES string of the molecule is CCC(C(=N)N)C(=O)Nc1ccc(CCCCCCCOCc2ccccc2)cc1. The van der Waals surface area contributed by atoms with Crippen molar-refractivity contribution in [1.82, 2.24) is 0 Å². The van der Waals surface area contributed by atoms with Gasteiger partial charge in [-0.05, 0) is 48.9 Å². The standard InChI is InChI=1S/C25H35N3O2/c1-2-23(24(26)27)25(29)28-22-16-14-20(15-17-22)11-7-4-3-5-10-18-30-19-21-12-8-6-9-13-21/h6,8-9,12-17,23H,2-5,7,10-11,18-19H2,1H3,(H3,26,27)(H,28,29). The zero-order chi connectivity index (χ0) is 21.6. The second-order valence-corrected chi connectivity index (χ2v) is 7.66. The second-order valence-electron chi connectivity index (χ2n) is 7.66. The van der Waals surface area contributed by atoms with Crippen molar-refractivity contribution in [2.45, 2.75) is 58.5 Å². The van der Waals surface area contributed by atoms with E-state index in [1.165, 1.54) is 36.8 Å². The summed E-state index contributed by atoms with van der Waals surface area (Å²) in [6.45, 7) is 3.38. The summed E-state index contributed by atoms with van der Waals surface area (Å²) in [4.78, 5) is 12.1. The van der Waals surface area contributed by atoms with Gasteiger partial charge >= 0.3 is 0 Å². The molecule has 2 rings (SSSR count). The molecule has 5 heteroatoms. The van der Waals surface area contributed by atoms with Crippen LogP contribution in [-0.4, -0.2) is 18.3 Å². The lowest BCUT2D eigenvalue weighted by Gasteiger charge is -2.13. The Morgan fingerprint density at radius 1 is 0.967 bits per heavy atom. The number of rotatable bonds is 14. The van der Waals surface area contributed by atoms with E-state index in [2.05, 4.69) is 29.6 Å². The molecule has 30 heavy (non-hydrogen) atoms. The van der Waals surface area contributed by atoms with Gasteiger partial charge < -0.3 is 15.8 Å². The number of anilines is 1. The first-order valence-electron chi connectivity index (χ1n) is 11.0. The molecule has 2 aromatic carbocycles. The fraction of sp³-hybridized carbons (Fsp3) is 0.440. The first kappa shape index (κ1) is 23.6. The molecule has 0 fully saturated rings. The van der Waals surface area contributed by atoms with E-state index in [1.54, 1.807) is 0 Å². The Balaban J connectivity index is 1.54. The van der Waals surface area contributed by atoms with Crippen LogP contribution in [0.2, 0.25) is 0 Å². The minimum atomic E-state index is -0.562. The highest BCUT2D eigenvalue weighted by atomic mass is 16.5. The zero-order valence-electron chi connectivity index (χ0n) is 18.0. The molecular weight excluding hydrogens is 374 g/mol. The molecule has 0 aromatic heterocycles. The van der Waals surface area contributed by atoms with Crippen molar-refractivity contribution in [3.63, 3.8) is 0 Å². The number of aryl methyl sites for hydroxylation is 1. The summed E-state index contributed by atoms with van der Waals surface area (Å²) >= 11 is 0. The van der Waals surface area contributed by atoms with Crippen LogP contribution in [0, 0.1) is 11.3 Å². The van der Waals surface area contributed by atoms with Gasteiger partial charge in [-0.25, -0.2) is 0 Å². The van der Waals surface area contributed by atoms with Crippen molar-refractivity contribution < 1.29 is 9.53 Å². The molecule has 0 aliphatic carbocycles. The number of ether oxygens (including phenoxy) is 1. The highest BCUT2D eigenvalue weighted by Gasteiger charge is 2.19. The Morgan fingerprint density at radius 2 is 1.63 bits per heavy atom. The van der Waals surface area contributed by atoms with Gasteiger partial charge in [0.25, 0.3) is 0 Å². The molecule has 0 bridgehead atoms. The molecular formula is C25H35N3O2. The van der Waals surface area contributed by atoms with E-state index in [0.29, 0.717) is 13.0 Å². The van der Waals surface area contributed by atoms with Crippen LogP contribution in [0.3, 0.4) is 0 Å². The number of hydrogen-bond acceptors (Lipinski definition) is 3. The fourth-order valence-corrected chi connectivity index (χ4v) is 3.36. The summed E-state index contributed by atoms with van der Waals surface area (Å²) in [6.07, 6.45) is 7.50. The minimum Gasteiger partial charge on any atom is -0.387 e. The summed E-state index contributed by atoms with van der Waals surface area (Å²) < 4.78 is 5.72. The van der Waals surface area contributed by atoms with Crippen LogP contribution in [0.5, 0.6) is 0 Å². The van der Waals surface area contributed by atoms with Crippen LogP contribution in [0.4, 0.5) is 5.69 Å². The summed E-state index contributed by atoms with van der Waals surface area (Å²) in [5, 5.41) is 10.3. The largest absolute Gasteiger partial charge is 0.387 e. The quantitative estimate of drug-likeness (QED) is 0.225. The molecule has 0 aliphatic heterocycles. The number of amides is 1. The molecule has 0 saturated carbocycles. The topological polar surface area (TPSA) is 88.2 Å². The van der Waals surface area contributed by atoms with E-state index in [1.807, 2.05) is 37.3 Å². The van der Waals surface area contributed by atoms with Crippen molar-refractivity contribution in [2.75, 3.05) is 11.9 Å². The number of nitrogens with two attached hydrogens (primary N) is 1. The van der Waals surface area contributed by atoms with Gasteiger partial charge in [0.15, 0.2) is 0 Å². The third-order valence-electron chi connectivity index (χ3n) is 5.19. The summed E-state index contributed by atoms with van der Waals surface area (Å²) in [5.41, 5.74) is 8.73. The Labute approximate surface area is 180 Å². The Bertz CT molecular complexity index is 760. The molecule has 162 valence electrons. The highest BCUT2D eigenvalue weighted by Crippen LogP contribution is 2.15. The number of benzene rings is 2. The van der Waals surface area contributed by atoms with Crippen LogP contribution in [0.1, 0.15) is 56.6 Å². The van der Waals surface area contributed by atoms with Gasteiger partial charge in [0.2, 0.25) is 5.91 Å². The Morgan fingerprint density at radius 3 is 2.30 bits per heavy atom. The van der Waals surface area contributed by atoms with Crippen LogP contribution in [0.15, 0.2) is 54.6 Å². The van der Waals surface area contributed by atoms with Gasteiger partial charge in [0.1, 0.15) is 5.84 Å². The molecule has 0 radical (unpaired) electrons. The van der Waals surface area contributed by atoms with Crippen molar-refractivity contribution in [3.8, 4) is 0 Å². The van der Waals surface area contributed by atoms with Crippen molar-refractivity contribution >= 4 is 17.4 Å². The van der Waals surface area contributed by atoms with E-state index in [9.17, 15) is 4.79 Å². The lowest BCUT2D eigenvalue weighted by atomic mass is 10.0. The van der Waals surface area contributed by atoms with Crippen molar-refractivity contribution in [2.24, 2.45) is 11.7 Å². The molecule has 1 atom stereocenters. The van der Waals surface area contributed by atoms with E-state index >= 15 is 0 Å². The van der Waals surface area contributed by atoms with E-state index in [4.69, 9.17) is 15.9 Å². The van der Waals surface area contributed by atoms with Crippen LogP contribution < -0.4 is 11.1 Å². The van der Waals surface area contributed by atoms with Crippen LogP contribution in [-0.2, 0) is 22.6 Å². The normalized spacial score (nSPS) is 11.8. The van der Waals surface area contributed by atoms with E-state index in [0.717, 1.165) is 25.1 Å². The van der Waals surface area contributed by atoms with E-state index in [-0.39, 0.29) is 11.7 Å². The summed E-state index contributed by atoms with van der Waals surface area (Å²) in [7, 11) is 0.